The number of benzene rings is 1. The van der Waals surface area contributed by atoms with Crippen LogP contribution in [0.1, 0.15) is 5.56 Å². The molecular formula is C16H19N3O4S. The first-order valence-corrected chi connectivity index (χ1v) is 8.33. The molecule has 1 N–H and O–H groups in total. The summed E-state index contributed by atoms with van der Waals surface area (Å²) in [6, 6.07) is 7.09. The molecule has 0 saturated carbocycles. The van der Waals surface area contributed by atoms with E-state index in [1.54, 1.807) is 19.1 Å². The van der Waals surface area contributed by atoms with Gasteiger partial charge in [-0.3, -0.25) is 0 Å². The minimum atomic E-state index is -0.204. The highest BCUT2D eigenvalue weighted by Crippen LogP contribution is 2.21. The van der Waals surface area contributed by atoms with Crippen molar-refractivity contribution in [2.24, 2.45) is 0 Å². The quantitative estimate of drug-likeness (QED) is 0.868. The number of ether oxygens (including phenoxy) is 3. The van der Waals surface area contributed by atoms with Gasteiger partial charge in [0.25, 0.3) is 0 Å². The Balaban J connectivity index is 1.53. The molecule has 2 aromatic rings. The van der Waals surface area contributed by atoms with E-state index in [-0.39, 0.29) is 12.1 Å². The second-order valence-electron chi connectivity index (χ2n) is 5.44. The normalized spacial score (nSPS) is 13.9. The second kappa shape index (κ2) is 7.50. The van der Waals surface area contributed by atoms with Crippen molar-refractivity contribution in [1.29, 1.82) is 0 Å². The summed E-state index contributed by atoms with van der Waals surface area (Å²) in [5, 5.41) is 4.72. The third-order valence-electron chi connectivity index (χ3n) is 3.57. The van der Waals surface area contributed by atoms with Gasteiger partial charge in [-0.15, -0.1) is 0 Å². The van der Waals surface area contributed by atoms with Gasteiger partial charge in [0.1, 0.15) is 11.9 Å². The summed E-state index contributed by atoms with van der Waals surface area (Å²) in [7, 11) is 3.29. The number of anilines is 1. The van der Waals surface area contributed by atoms with Gasteiger partial charge < -0.3 is 24.4 Å². The van der Waals surface area contributed by atoms with Gasteiger partial charge in [-0.1, -0.05) is 0 Å². The van der Waals surface area contributed by atoms with E-state index < -0.39 is 0 Å². The van der Waals surface area contributed by atoms with Crippen LogP contribution < -0.4 is 14.8 Å². The van der Waals surface area contributed by atoms with Crippen molar-refractivity contribution >= 4 is 23.3 Å². The smallest absolute Gasteiger partial charge is 0.321 e. The first kappa shape index (κ1) is 16.5. The van der Waals surface area contributed by atoms with Gasteiger partial charge in [-0.05, 0) is 35.8 Å². The zero-order valence-electron chi connectivity index (χ0n) is 13.5. The fourth-order valence-corrected chi connectivity index (χ4v) is 2.80. The Morgan fingerprint density at radius 1 is 1.42 bits per heavy atom. The molecule has 24 heavy (non-hydrogen) atoms. The van der Waals surface area contributed by atoms with Crippen LogP contribution in [0.2, 0.25) is 0 Å². The van der Waals surface area contributed by atoms with E-state index in [0.717, 1.165) is 11.3 Å². The SMILES string of the molecule is COc1nscc1CN(C)C(=O)Nc1ccc(OC2COC2)cc1. The predicted octanol–water partition coefficient (Wildman–Crippen LogP) is 2.59. The number of nitrogens with zero attached hydrogens (tertiary/aromatic N) is 2. The molecule has 1 saturated heterocycles. The van der Waals surface area contributed by atoms with Crippen LogP contribution in [0.15, 0.2) is 29.6 Å². The molecule has 128 valence electrons. The Bertz CT molecular complexity index is 685. The van der Waals surface area contributed by atoms with Crippen LogP contribution in [0.5, 0.6) is 11.6 Å². The lowest BCUT2D eigenvalue weighted by atomic mass is 10.3. The standard InChI is InChI=1S/C16H19N3O4S/c1-19(7-11-10-24-18-15(11)21-2)16(20)17-12-3-5-13(6-4-12)23-14-8-22-9-14/h3-6,10,14H,7-9H2,1-2H3,(H,17,20). The third kappa shape index (κ3) is 3.95. The molecule has 8 heteroatoms. The lowest BCUT2D eigenvalue weighted by Crippen LogP contribution is -2.38. The third-order valence-corrected chi connectivity index (χ3v) is 4.23. The predicted molar refractivity (Wildman–Crippen MR) is 90.8 cm³/mol. The molecule has 3 rings (SSSR count). The number of nitrogens with one attached hydrogen (secondary N) is 1. The van der Waals surface area contributed by atoms with Crippen LogP contribution in [0, 0.1) is 0 Å². The highest BCUT2D eigenvalue weighted by Gasteiger charge is 2.20. The molecule has 0 unspecified atom stereocenters. The molecule has 2 heterocycles. The summed E-state index contributed by atoms with van der Waals surface area (Å²) < 4.78 is 20.0. The molecule has 1 fully saturated rings. The number of carbonyl (C=O) groups is 1. The molecule has 1 aromatic heterocycles. The molecule has 1 aliphatic rings. The van der Waals surface area contributed by atoms with Crippen molar-refractivity contribution in [2.45, 2.75) is 12.6 Å². The minimum Gasteiger partial charge on any atom is -0.486 e. The highest BCUT2D eigenvalue weighted by molar-refractivity contribution is 7.03. The Morgan fingerprint density at radius 2 is 2.17 bits per heavy atom. The van der Waals surface area contributed by atoms with Crippen LogP contribution in [-0.4, -0.2) is 48.8 Å². The number of rotatable bonds is 6. The van der Waals surface area contributed by atoms with Crippen molar-refractivity contribution in [3.8, 4) is 11.6 Å². The van der Waals surface area contributed by atoms with Crippen molar-refractivity contribution in [1.82, 2.24) is 9.27 Å². The average Bonchev–Trinajstić information content (AvgIpc) is 2.99. The zero-order chi connectivity index (χ0) is 16.9. The molecule has 0 spiro atoms. The van der Waals surface area contributed by atoms with Crippen molar-refractivity contribution < 1.29 is 19.0 Å². The molecule has 0 atom stereocenters. The summed E-state index contributed by atoms with van der Waals surface area (Å²) >= 11 is 1.31. The van der Waals surface area contributed by atoms with Crippen molar-refractivity contribution in [3.05, 3.63) is 35.2 Å². The van der Waals surface area contributed by atoms with E-state index in [9.17, 15) is 4.79 Å². The maximum Gasteiger partial charge on any atom is 0.321 e. The number of urea groups is 1. The number of amides is 2. The number of aromatic nitrogens is 1. The van der Waals surface area contributed by atoms with E-state index in [4.69, 9.17) is 14.2 Å². The van der Waals surface area contributed by atoms with E-state index in [2.05, 4.69) is 9.69 Å². The maximum atomic E-state index is 12.3. The van der Waals surface area contributed by atoms with Crippen LogP contribution >= 0.6 is 11.5 Å². The second-order valence-corrected chi connectivity index (χ2v) is 6.07. The Kier molecular flexibility index (Phi) is 5.17. The number of methoxy groups -OCH3 is 1. The lowest BCUT2D eigenvalue weighted by molar-refractivity contribution is -0.0796. The van der Waals surface area contributed by atoms with Crippen molar-refractivity contribution in [2.75, 3.05) is 32.7 Å². The first-order valence-electron chi connectivity index (χ1n) is 7.49. The van der Waals surface area contributed by atoms with Gasteiger partial charge in [0.05, 0.1) is 26.9 Å². The number of hydrogen-bond acceptors (Lipinski definition) is 6. The van der Waals surface area contributed by atoms with Gasteiger partial charge in [0.15, 0.2) is 0 Å². The largest absolute Gasteiger partial charge is 0.486 e. The van der Waals surface area contributed by atoms with Gasteiger partial charge in [-0.25, -0.2) is 4.79 Å². The topological polar surface area (TPSA) is 72.9 Å². The van der Waals surface area contributed by atoms with Crippen molar-refractivity contribution in [3.63, 3.8) is 0 Å². The molecular weight excluding hydrogens is 330 g/mol. The van der Waals surface area contributed by atoms with Gasteiger partial charge in [0.2, 0.25) is 5.88 Å². The molecule has 2 amide bonds. The van der Waals surface area contributed by atoms with E-state index >= 15 is 0 Å². The summed E-state index contributed by atoms with van der Waals surface area (Å²) in [6.07, 6.45) is 0.130. The Labute approximate surface area is 144 Å². The highest BCUT2D eigenvalue weighted by atomic mass is 32.1. The average molecular weight is 349 g/mol. The van der Waals surface area contributed by atoms with Crippen LogP contribution in [0.4, 0.5) is 10.5 Å². The lowest BCUT2D eigenvalue weighted by Gasteiger charge is -2.26. The van der Waals surface area contributed by atoms with Gasteiger partial charge in [-0.2, -0.15) is 4.37 Å². The minimum absolute atomic E-state index is 0.130. The molecule has 0 radical (unpaired) electrons. The summed E-state index contributed by atoms with van der Waals surface area (Å²) in [6.45, 7) is 1.68. The Hall–Kier alpha value is -2.32. The molecule has 7 nitrogen and oxygen atoms in total. The summed E-state index contributed by atoms with van der Waals surface area (Å²) in [5.74, 6) is 1.32. The zero-order valence-corrected chi connectivity index (χ0v) is 14.3. The first-order chi connectivity index (χ1) is 11.7. The molecule has 1 aliphatic heterocycles. The number of carbonyl (C=O) groups excluding carboxylic acids is 1. The maximum absolute atomic E-state index is 12.3. The summed E-state index contributed by atoms with van der Waals surface area (Å²) in [4.78, 5) is 13.8. The van der Waals surface area contributed by atoms with E-state index in [1.165, 1.54) is 11.5 Å². The van der Waals surface area contributed by atoms with Gasteiger partial charge >= 0.3 is 6.03 Å². The van der Waals surface area contributed by atoms with E-state index in [0.29, 0.717) is 31.3 Å². The Morgan fingerprint density at radius 3 is 2.79 bits per heavy atom. The summed E-state index contributed by atoms with van der Waals surface area (Å²) in [5.41, 5.74) is 1.59. The van der Waals surface area contributed by atoms with E-state index in [1.807, 2.05) is 29.6 Å². The number of hydrogen-bond donors (Lipinski definition) is 1. The van der Waals surface area contributed by atoms with Gasteiger partial charge in [0, 0.05) is 23.7 Å². The fourth-order valence-electron chi connectivity index (χ4n) is 2.16. The molecule has 0 aliphatic carbocycles. The van der Waals surface area contributed by atoms with Crippen LogP contribution in [0.3, 0.4) is 0 Å². The molecule has 0 bridgehead atoms. The fraction of sp³-hybridized carbons (Fsp3) is 0.375. The molecule has 1 aromatic carbocycles. The van der Waals surface area contributed by atoms with Crippen LogP contribution in [-0.2, 0) is 11.3 Å². The van der Waals surface area contributed by atoms with Crippen LogP contribution in [0.25, 0.3) is 0 Å². The monoisotopic (exact) mass is 349 g/mol.